The molecule has 1 aliphatic carbocycles. The molecule has 1 saturated carbocycles. The summed E-state index contributed by atoms with van der Waals surface area (Å²) in [6.07, 6.45) is 6.32. The number of amides is 1. The van der Waals surface area contributed by atoms with Gasteiger partial charge in [-0.15, -0.1) is 0 Å². The Morgan fingerprint density at radius 1 is 1.53 bits per heavy atom. The summed E-state index contributed by atoms with van der Waals surface area (Å²) in [5.41, 5.74) is 5.03. The molecule has 0 saturated heterocycles. The van der Waals surface area contributed by atoms with Crippen LogP contribution in [0.1, 0.15) is 51.9 Å². The van der Waals surface area contributed by atoms with Crippen LogP contribution in [-0.2, 0) is 4.79 Å². The summed E-state index contributed by atoms with van der Waals surface area (Å²) < 4.78 is 0. The van der Waals surface area contributed by atoms with E-state index in [-0.39, 0.29) is 18.1 Å². The van der Waals surface area contributed by atoms with Gasteiger partial charge in [0, 0.05) is 6.42 Å². The molecule has 4 nitrogen and oxygen atoms in total. The van der Waals surface area contributed by atoms with Crippen LogP contribution in [0.15, 0.2) is 0 Å². The topological polar surface area (TPSA) is 75.3 Å². The quantitative estimate of drug-likeness (QED) is 0.612. The predicted molar refractivity (Wildman–Crippen MR) is 68.5 cm³/mol. The van der Waals surface area contributed by atoms with E-state index in [2.05, 4.69) is 12.2 Å². The Balaban J connectivity index is 2.42. The van der Waals surface area contributed by atoms with Gasteiger partial charge < -0.3 is 16.2 Å². The number of nitrogens with one attached hydrogen (secondary N) is 1. The monoisotopic (exact) mass is 242 g/mol. The first kappa shape index (κ1) is 14.5. The number of nitrogens with two attached hydrogens (primary N) is 1. The van der Waals surface area contributed by atoms with Crippen molar-refractivity contribution in [1.29, 1.82) is 0 Å². The lowest BCUT2D eigenvalue weighted by Crippen LogP contribution is -2.53. The SMILES string of the molecule is CC1CCCC(CO)(NC(=O)CCCCN)C1. The number of hydrogen-bond donors (Lipinski definition) is 3. The van der Waals surface area contributed by atoms with Crippen LogP contribution < -0.4 is 11.1 Å². The van der Waals surface area contributed by atoms with Gasteiger partial charge in [-0.05, 0) is 38.1 Å². The maximum atomic E-state index is 11.8. The molecular formula is C13H26N2O2. The van der Waals surface area contributed by atoms with Crippen molar-refractivity contribution in [3.63, 3.8) is 0 Å². The molecule has 17 heavy (non-hydrogen) atoms. The van der Waals surface area contributed by atoms with Crippen molar-refractivity contribution in [1.82, 2.24) is 5.32 Å². The van der Waals surface area contributed by atoms with Gasteiger partial charge in [-0.2, -0.15) is 0 Å². The fourth-order valence-electron chi connectivity index (χ4n) is 2.74. The number of carbonyl (C=O) groups excluding carboxylic acids is 1. The summed E-state index contributed by atoms with van der Waals surface area (Å²) >= 11 is 0. The van der Waals surface area contributed by atoms with E-state index in [1.54, 1.807) is 0 Å². The molecule has 1 aliphatic rings. The van der Waals surface area contributed by atoms with Crippen molar-refractivity contribution in [2.75, 3.05) is 13.2 Å². The Kier molecular flexibility index (Phi) is 5.92. The van der Waals surface area contributed by atoms with Gasteiger partial charge >= 0.3 is 0 Å². The molecule has 1 rings (SSSR count). The van der Waals surface area contributed by atoms with Crippen LogP contribution in [0.2, 0.25) is 0 Å². The van der Waals surface area contributed by atoms with Gasteiger partial charge in [-0.1, -0.05) is 19.8 Å². The van der Waals surface area contributed by atoms with Gasteiger partial charge in [-0.3, -0.25) is 4.79 Å². The second kappa shape index (κ2) is 6.97. The number of hydrogen-bond acceptors (Lipinski definition) is 3. The molecule has 0 radical (unpaired) electrons. The van der Waals surface area contributed by atoms with Crippen LogP contribution in [0.4, 0.5) is 0 Å². The summed E-state index contributed by atoms with van der Waals surface area (Å²) in [5, 5.41) is 12.6. The van der Waals surface area contributed by atoms with Crippen LogP contribution in [0.5, 0.6) is 0 Å². The minimum Gasteiger partial charge on any atom is -0.394 e. The molecular weight excluding hydrogens is 216 g/mol. The minimum atomic E-state index is -0.364. The first-order valence-electron chi connectivity index (χ1n) is 6.74. The Morgan fingerprint density at radius 3 is 2.88 bits per heavy atom. The van der Waals surface area contributed by atoms with E-state index in [4.69, 9.17) is 5.73 Å². The highest BCUT2D eigenvalue weighted by Crippen LogP contribution is 2.32. The Hall–Kier alpha value is -0.610. The molecule has 0 spiro atoms. The van der Waals surface area contributed by atoms with E-state index in [1.165, 1.54) is 6.42 Å². The standard InChI is InChI=1S/C13H26N2O2/c1-11-5-4-7-13(9-11,10-16)15-12(17)6-2-3-8-14/h11,16H,2-10,14H2,1H3,(H,15,17). The molecule has 0 heterocycles. The van der Waals surface area contributed by atoms with Crippen LogP contribution in [-0.4, -0.2) is 29.7 Å². The zero-order valence-corrected chi connectivity index (χ0v) is 10.9. The highest BCUT2D eigenvalue weighted by atomic mass is 16.3. The van der Waals surface area contributed by atoms with E-state index in [9.17, 15) is 9.90 Å². The summed E-state index contributed by atoms with van der Waals surface area (Å²) in [4.78, 5) is 11.8. The van der Waals surface area contributed by atoms with Crippen molar-refractivity contribution in [3.8, 4) is 0 Å². The highest BCUT2D eigenvalue weighted by Gasteiger charge is 2.35. The number of aliphatic hydroxyl groups is 1. The average molecular weight is 242 g/mol. The van der Waals surface area contributed by atoms with Gasteiger partial charge in [0.05, 0.1) is 12.1 Å². The smallest absolute Gasteiger partial charge is 0.220 e. The molecule has 4 heteroatoms. The van der Waals surface area contributed by atoms with Gasteiger partial charge in [0.25, 0.3) is 0 Å². The average Bonchev–Trinajstić information content (AvgIpc) is 2.29. The summed E-state index contributed by atoms with van der Waals surface area (Å²) in [6, 6.07) is 0. The minimum absolute atomic E-state index is 0.0555. The maximum Gasteiger partial charge on any atom is 0.220 e. The lowest BCUT2D eigenvalue weighted by atomic mass is 9.76. The second-order valence-corrected chi connectivity index (χ2v) is 5.43. The fraction of sp³-hybridized carbons (Fsp3) is 0.923. The Bertz CT molecular complexity index is 246. The molecule has 2 atom stereocenters. The van der Waals surface area contributed by atoms with Crippen molar-refractivity contribution in [2.45, 2.75) is 57.4 Å². The van der Waals surface area contributed by atoms with E-state index in [0.717, 1.165) is 32.1 Å². The molecule has 4 N–H and O–H groups in total. The molecule has 1 fully saturated rings. The predicted octanol–water partition coefficient (Wildman–Crippen LogP) is 1.17. The van der Waals surface area contributed by atoms with Gasteiger partial charge in [0.1, 0.15) is 0 Å². The van der Waals surface area contributed by atoms with E-state index < -0.39 is 0 Å². The fourth-order valence-corrected chi connectivity index (χ4v) is 2.74. The molecule has 0 aromatic rings. The van der Waals surface area contributed by atoms with Gasteiger partial charge in [0.15, 0.2) is 0 Å². The molecule has 0 aliphatic heterocycles. The molecule has 0 bridgehead atoms. The lowest BCUT2D eigenvalue weighted by molar-refractivity contribution is -0.124. The Morgan fingerprint density at radius 2 is 2.29 bits per heavy atom. The molecule has 0 aromatic heterocycles. The van der Waals surface area contributed by atoms with Gasteiger partial charge in [0.2, 0.25) is 5.91 Å². The number of rotatable bonds is 6. The number of unbranched alkanes of at least 4 members (excludes halogenated alkanes) is 1. The number of aliphatic hydroxyl groups excluding tert-OH is 1. The largest absolute Gasteiger partial charge is 0.394 e. The molecule has 1 amide bonds. The summed E-state index contributed by atoms with van der Waals surface area (Å²) in [5.74, 6) is 0.641. The molecule has 100 valence electrons. The zero-order valence-electron chi connectivity index (χ0n) is 10.9. The van der Waals surface area contributed by atoms with Crippen molar-refractivity contribution in [3.05, 3.63) is 0 Å². The first-order chi connectivity index (χ1) is 8.12. The van der Waals surface area contributed by atoms with Crippen LogP contribution in [0, 0.1) is 5.92 Å². The third-order valence-corrected chi connectivity index (χ3v) is 3.66. The van der Waals surface area contributed by atoms with E-state index in [0.29, 0.717) is 18.9 Å². The lowest BCUT2D eigenvalue weighted by Gasteiger charge is -2.39. The highest BCUT2D eigenvalue weighted by molar-refractivity contribution is 5.76. The number of carbonyl (C=O) groups is 1. The molecule has 0 aromatic carbocycles. The van der Waals surface area contributed by atoms with Crippen LogP contribution in [0.25, 0.3) is 0 Å². The van der Waals surface area contributed by atoms with Crippen molar-refractivity contribution < 1.29 is 9.90 Å². The van der Waals surface area contributed by atoms with Gasteiger partial charge in [-0.25, -0.2) is 0 Å². The van der Waals surface area contributed by atoms with Crippen molar-refractivity contribution >= 4 is 5.91 Å². The maximum absolute atomic E-state index is 11.8. The van der Waals surface area contributed by atoms with E-state index in [1.807, 2.05) is 0 Å². The second-order valence-electron chi connectivity index (χ2n) is 5.43. The third-order valence-electron chi connectivity index (χ3n) is 3.66. The normalized spacial score (nSPS) is 29.0. The summed E-state index contributed by atoms with van der Waals surface area (Å²) in [6.45, 7) is 2.87. The zero-order chi connectivity index (χ0) is 12.7. The van der Waals surface area contributed by atoms with Crippen LogP contribution in [0.3, 0.4) is 0 Å². The third kappa shape index (κ3) is 4.64. The van der Waals surface area contributed by atoms with Crippen LogP contribution >= 0.6 is 0 Å². The molecule has 2 unspecified atom stereocenters. The summed E-state index contributed by atoms with van der Waals surface area (Å²) in [7, 11) is 0. The van der Waals surface area contributed by atoms with Crippen molar-refractivity contribution in [2.24, 2.45) is 11.7 Å². The Labute approximate surface area is 104 Å². The van der Waals surface area contributed by atoms with E-state index >= 15 is 0 Å². The first-order valence-corrected chi connectivity index (χ1v) is 6.74.